The first-order valence-electron chi connectivity index (χ1n) is 5.74. The predicted octanol–water partition coefficient (Wildman–Crippen LogP) is 2.72. The van der Waals surface area contributed by atoms with Crippen molar-refractivity contribution < 1.29 is 4.39 Å². The van der Waals surface area contributed by atoms with Gasteiger partial charge in [-0.3, -0.25) is 4.90 Å². The molecule has 1 heterocycles. The third kappa shape index (κ3) is 3.15. The van der Waals surface area contributed by atoms with Crippen LogP contribution in [0, 0.1) is 5.82 Å². The fourth-order valence-corrected chi connectivity index (χ4v) is 2.69. The van der Waals surface area contributed by atoms with Crippen LogP contribution in [0.1, 0.15) is 11.6 Å². The molecule has 1 aliphatic heterocycles. The van der Waals surface area contributed by atoms with Crippen LogP contribution in [0.25, 0.3) is 0 Å². The first-order chi connectivity index (χ1) is 8.20. The lowest BCUT2D eigenvalue weighted by molar-refractivity contribution is 0.203. The minimum atomic E-state index is -0.212. The maximum atomic E-state index is 13.4. The molecule has 1 aliphatic rings. The Kier molecular flexibility index (Phi) is 4.31. The van der Waals surface area contributed by atoms with E-state index in [0.29, 0.717) is 0 Å². The molecule has 0 radical (unpaired) electrons. The van der Waals surface area contributed by atoms with Crippen LogP contribution in [0.2, 0.25) is 0 Å². The molecule has 0 spiro atoms. The van der Waals surface area contributed by atoms with Crippen LogP contribution in [-0.4, -0.2) is 31.1 Å². The van der Waals surface area contributed by atoms with Crippen molar-refractivity contribution in [2.45, 2.75) is 6.04 Å². The van der Waals surface area contributed by atoms with E-state index in [1.165, 1.54) is 6.07 Å². The summed E-state index contributed by atoms with van der Waals surface area (Å²) in [5.74, 6) is -0.212. The summed E-state index contributed by atoms with van der Waals surface area (Å²) in [5, 5.41) is 3.31. The molecule has 1 atom stereocenters. The van der Waals surface area contributed by atoms with Gasteiger partial charge >= 0.3 is 0 Å². The van der Waals surface area contributed by atoms with Crippen LogP contribution in [0.5, 0.6) is 0 Å². The Labute approximate surface area is 110 Å². The lowest BCUT2D eigenvalue weighted by Gasteiger charge is -2.33. The van der Waals surface area contributed by atoms with Crippen molar-refractivity contribution >= 4 is 15.9 Å². The monoisotopic (exact) mass is 298 g/mol. The second kappa shape index (κ2) is 5.76. The fourth-order valence-electron chi connectivity index (χ4n) is 2.20. The minimum absolute atomic E-state index is 0.0871. The van der Waals surface area contributed by atoms with Crippen molar-refractivity contribution in [1.29, 1.82) is 0 Å². The summed E-state index contributed by atoms with van der Waals surface area (Å²) >= 11 is 3.33. The second-order valence-corrected chi connectivity index (χ2v) is 5.08. The summed E-state index contributed by atoms with van der Waals surface area (Å²) in [7, 11) is 0. The van der Waals surface area contributed by atoms with Crippen LogP contribution < -0.4 is 5.32 Å². The number of halogens is 2. The molecule has 0 aromatic heterocycles. The van der Waals surface area contributed by atoms with Gasteiger partial charge in [-0.2, -0.15) is 0 Å². The first-order valence-corrected chi connectivity index (χ1v) is 6.53. The zero-order chi connectivity index (χ0) is 12.3. The molecule has 2 nitrogen and oxygen atoms in total. The Bertz CT molecular complexity index is 382. The number of hydrogen-bond donors (Lipinski definition) is 1. The van der Waals surface area contributed by atoms with E-state index in [2.05, 4.69) is 32.7 Å². The molecule has 0 aliphatic carbocycles. The Morgan fingerprint density at radius 3 is 2.65 bits per heavy atom. The van der Waals surface area contributed by atoms with Crippen molar-refractivity contribution in [1.82, 2.24) is 10.2 Å². The van der Waals surface area contributed by atoms with Gasteiger partial charge < -0.3 is 5.32 Å². The molecule has 2 rings (SSSR count). The number of nitrogens with one attached hydrogen (secondary N) is 1. The number of piperazine rings is 1. The lowest BCUT2D eigenvalue weighted by atomic mass is 10.0. The van der Waals surface area contributed by atoms with Crippen molar-refractivity contribution in [2.24, 2.45) is 0 Å². The van der Waals surface area contributed by atoms with Crippen LogP contribution in [0.15, 0.2) is 35.3 Å². The van der Waals surface area contributed by atoms with Gasteiger partial charge in [-0.15, -0.1) is 6.58 Å². The topological polar surface area (TPSA) is 15.3 Å². The quantitative estimate of drug-likeness (QED) is 0.863. The van der Waals surface area contributed by atoms with E-state index in [9.17, 15) is 4.39 Å². The van der Waals surface area contributed by atoms with Gasteiger partial charge in [0.2, 0.25) is 0 Å². The maximum absolute atomic E-state index is 13.4. The van der Waals surface area contributed by atoms with Gasteiger partial charge in [0, 0.05) is 30.7 Å². The van der Waals surface area contributed by atoms with E-state index >= 15 is 0 Å². The fraction of sp³-hybridized carbons (Fsp3) is 0.385. The average molecular weight is 299 g/mol. The van der Waals surface area contributed by atoms with E-state index in [1.54, 1.807) is 6.07 Å². The number of rotatable bonds is 3. The van der Waals surface area contributed by atoms with Crippen molar-refractivity contribution in [3.8, 4) is 0 Å². The van der Waals surface area contributed by atoms with Crippen LogP contribution in [0.3, 0.4) is 0 Å². The summed E-state index contributed by atoms with van der Waals surface area (Å²) in [6, 6.07) is 5.10. The van der Waals surface area contributed by atoms with E-state index in [1.807, 2.05) is 12.1 Å². The number of nitrogens with zero attached hydrogens (tertiary/aromatic N) is 1. The lowest BCUT2D eigenvalue weighted by Crippen LogP contribution is -2.44. The van der Waals surface area contributed by atoms with Crippen molar-refractivity contribution in [3.05, 3.63) is 46.7 Å². The Morgan fingerprint density at radius 1 is 1.35 bits per heavy atom. The molecule has 0 saturated carbocycles. The van der Waals surface area contributed by atoms with Gasteiger partial charge in [-0.05, 0) is 23.8 Å². The van der Waals surface area contributed by atoms with E-state index in [4.69, 9.17) is 0 Å². The van der Waals surface area contributed by atoms with E-state index < -0.39 is 0 Å². The molecule has 92 valence electrons. The molecule has 1 aromatic rings. The molecule has 0 unspecified atom stereocenters. The summed E-state index contributed by atoms with van der Waals surface area (Å²) in [6.45, 7) is 7.74. The Balaban J connectivity index is 2.24. The van der Waals surface area contributed by atoms with Gasteiger partial charge in [-0.1, -0.05) is 22.0 Å². The van der Waals surface area contributed by atoms with Crippen LogP contribution in [0.4, 0.5) is 4.39 Å². The largest absolute Gasteiger partial charge is 0.314 e. The minimum Gasteiger partial charge on any atom is -0.314 e. The smallest absolute Gasteiger partial charge is 0.124 e. The highest BCUT2D eigenvalue weighted by Gasteiger charge is 2.20. The molecular weight excluding hydrogens is 283 g/mol. The van der Waals surface area contributed by atoms with Crippen LogP contribution >= 0.6 is 15.9 Å². The molecule has 1 aromatic carbocycles. The van der Waals surface area contributed by atoms with Gasteiger partial charge in [0.25, 0.3) is 0 Å². The third-order valence-corrected chi connectivity index (χ3v) is 3.45. The molecule has 4 heteroatoms. The standard InChI is InChI=1S/C13H16BrFN2/c1-2-13(17-5-3-16-4-6-17)10-7-11(14)9-12(15)8-10/h2,7-9,13,16H,1,3-6H2/t13-/m1/s1. The van der Waals surface area contributed by atoms with Gasteiger partial charge in [0.05, 0.1) is 6.04 Å². The normalized spacial score (nSPS) is 18.9. The van der Waals surface area contributed by atoms with E-state index in [-0.39, 0.29) is 11.9 Å². The highest BCUT2D eigenvalue weighted by molar-refractivity contribution is 9.10. The average Bonchev–Trinajstić information content (AvgIpc) is 2.30. The molecule has 1 fully saturated rings. The highest BCUT2D eigenvalue weighted by Crippen LogP contribution is 2.26. The summed E-state index contributed by atoms with van der Waals surface area (Å²) in [6.07, 6.45) is 1.88. The van der Waals surface area contributed by atoms with Crippen molar-refractivity contribution in [2.75, 3.05) is 26.2 Å². The maximum Gasteiger partial charge on any atom is 0.124 e. The predicted molar refractivity (Wildman–Crippen MR) is 71.5 cm³/mol. The van der Waals surface area contributed by atoms with Gasteiger partial charge in [0.15, 0.2) is 0 Å². The van der Waals surface area contributed by atoms with E-state index in [0.717, 1.165) is 36.2 Å². The van der Waals surface area contributed by atoms with Crippen molar-refractivity contribution in [3.63, 3.8) is 0 Å². The van der Waals surface area contributed by atoms with Gasteiger partial charge in [0.1, 0.15) is 5.82 Å². The zero-order valence-electron chi connectivity index (χ0n) is 9.63. The molecule has 17 heavy (non-hydrogen) atoms. The number of benzene rings is 1. The highest BCUT2D eigenvalue weighted by atomic mass is 79.9. The summed E-state index contributed by atoms with van der Waals surface area (Å²) < 4.78 is 14.2. The Morgan fingerprint density at radius 2 is 2.06 bits per heavy atom. The molecule has 1 N–H and O–H groups in total. The molecular formula is C13H16BrFN2. The summed E-state index contributed by atoms with van der Waals surface area (Å²) in [5.41, 5.74) is 0.953. The molecule has 1 saturated heterocycles. The Hall–Kier alpha value is -0.710. The summed E-state index contributed by atoms with van der Waals surface area (Å²) in [4.78, 5) is 2.31. The first kappa shape index (κ1) is 12.7. The molecule has 0 amide bonds. The second-order valence-electron chi connectivity index (χ2n) is 4.17. The van der Waals surface area contributed by atoms with Gasteiger partial charge in [-0.25, -0.2) is 4.39 Å². The SMILES string of the molecule is C=C[C@H](c1cc(F)cc(Br)c1)N1CCNCC1. The van der Waals surface area contributed by atoms with Crippen LogP contribution in [-0.2, 0) is 0 Å². The molecule has 0 bridgehead atoms. The third-order valence-electron chi connectivity index (χ3n) is 2.99. The zero-order valence-corrected chi connectivity index (χ0v) is 11.2. The number of hydrogen-bond acceptors (Lipinski definition) is 2.